The first-order valence-corrected chi connectivity index (χ1v) is 3.89. The summed E-state index contributed by atoms with van der Waals surface area (Å²) in [7, 11) is 0. The maximum Gasteiger partial charge on any atom is 0.328 e. The highest BCUT2D eigenvalue weighted by Gasteiger charge is 2.31. The Labute approximate surface area is 76.4 Å². The Balaban J connectivity index is 3.22. The molecule has 1 aromatic rings. The monoisotopic (exact) mass is 180 g/mol. The first-order valence-electron chi connectivity index (χ1n) is 3.89. The molecule has 0 fully saturated rings. The Morgan fingerprint density at radius 3 is 2.77 bits per heavy atom. The normalized spacial score (nSPS) is 15.0. The van der Waals surface area contributed by atoms with Crippen LogP contribution >= 0.6 is 0 Å². The Bertz CT molecular complexity index is 334. The van der Waals surface area contributed by atoms with Crippen molar-refractivity contribution in [2.45, 2.75) is 19.4 Å². The maximum atomic E-state index is 10.8. The molecule has 0 bridgehead atoms. The maximum absolute atomic E-state index is 10.8. The highest BCUT2D eigenvalue weighted by molar-refractivity contribution is 5.80. The molecule has 4 nitrogen and oxygen atoms in total. The van der Waals surface area contributed by atoms with Gasteiger partial charge < -0.3 is 10.8 Å². The number of rotatable bonds is 2. The van der Waals surface area contributed by atoms with Crippen molar-refractivity contribution in [3.63, 3.8) is 0 Å². The van der Waals surface area contributed by atoms with Crippen molar-refractivity contribution in [1.82, 2.24) is 4.98 Å². The van der Waals surface area contributed by atoms with Crippen LogP contribution in [-0.2, 0) is 10.3 Å². The fourth-order valence-electron chi connectivity index (χ4n) is 1.17. The third-order valence-corrected chi connectivity index (χ3v) is 2.02. The molecular weight excluding hydrogens is 168 g/mol. The van der Waals surface area contributed by atoms with Gasteiger partial charge in [-0.3, -0.25) is 4.98 Å². The number of nitrogens with zero attached hydrogens (tertiary/aromatic N) is 1. The summed E-state index contributed by atoms with van der Waals surface area (Å²) in [5.41, 5.74) is 5.69. The van der Waals surface area contributed by atoms with Crippen molar-refractivity contribution in [3.05, 3.63) is 29.6 Å². The highest BCUT2D eigenvalue weighted by atomic mass is 16.4. The molecule has 1 aromatic heterocycles. The molecule has 0 amide bonds. The van der Waals surface area contributed by atoms with Gasteiger partial charge in [0.15, 0.2) is 0 Å². The number of hydrogen-bond donors (Lipinski definition) is 2. The molecule has 13 heavy (non-hydrogen) atoms. The van der Waals surface area contributed by atoms with E-state index in [0.29, 0.717) is 5.56 Å². The second-order valence-electron chi connectivity index (χ2n) is 3.20. The van der Waals surface area contributed by atoms with Gasteiger partial charge in [0.05, 0.1) is 0 Å². The van der Waals surface area contributed by atoms with E-state index in [1.54, 1.807) is 19.2 Å². The number of carboxylic acids is 1. The fourth-order valence-corrected chi connectivity index (χ4v) is 1.17. The number of pyridine rings is 1. The summed E-state index contributed by atoms with van der Waals surface area (Å²) in [5, 5.41) is 8.87. The van der Waals surface area contributed by atoms with Crippen molar-refractivity contribution >= 4 is 5.97 Å². The van der Waals surface area contributed by atoms with Crippen molar-refractivity contribution in [1.29, 1.82) is 0 Å². The standard InChI is InChI=1S/C9H12N2O2/c1-6-5-11-4-3-7(6)9(2,10)8(12)13/h3-5H,10H2,1-2H3,(H,12,13)/t9-/m0/s1. The van der Waals surface area contributed by atoms with Gasteiger partial charge in [-0.1, -0.05) is 0 Å². The van der Waals surface area contributed by atoms with Gasteiger partial charge >= 0.3 is 5.97 Å². The minimum atomic E-state index is -1.34. The fraction of sp³-hybridized carbons (Fsp3) is 0.333. The molecule has 0 aromatic carbocycles. The quantitative estimate of drug-likeness (QED) is 0.700. The molecule has 0 unspecified atom stereocenters. The minimum Gasteiger partial charge on any atom is -0.480 e. The molecule has 70 valence electrons. The molecule has 0 aliphatic rings. The van der Waals surface area contributed by atoms with E-state index in [2.05, 4.69) is 4.98 Å². The molecule has 0 aliphatic carbocycles. The van der Waals surface area contributed by atoms with Crippen molar-refractivity contribution in [2.75, 3.05) is 0 Å². The molecule has 0 saturated heterocycles. The van der Waals surface area contributed by atoms with Gasteiger partial charge in [-0.2, -0.15) is 0 Å². The van der Waals surface area contributed by atoms with E-state index < -0.39 is 11.5 Å². The van der Waals surface area contributed by atoms with Gasteiger partial charge in [0.25, 0.3) is 0 Å². The van der Waals surface area contributed by atoms with Crippen LogP contribution < -0.4 is 5.73 Å². The molecule has 0 radical (unpaired) electrons. The SMILES string of the molecule is Cc1cnccc1[C@](C)(N)C(=O)O. The van der Waals surface area contributed by atoms with E-state index in [0.717, 1.165) is 5.56 Å². The largest absolute Gasteiger partial charge is 0.480 e. The smallest absolute Gasteiger partial charge is 0.328 e. The summed E-state index contributed by atoms with van der Waals surface area (Å²) in [6, 6.07) is 1.63. The van der Waals surface area contributed by atoms with Crippen LogP contribution in [0.15, 0.2) is 18.5 Å². The van der Waals surface area contributed by atoms with E-state index in [1.165, 1.54) is 13.1 Å². The van der Waals surface area contributed by atoms with Crippen molar-refractivity contribution in [2.24, 2.45) is 5.73 Å². The number of carbonyl (C=O) groups is 1. The third kappa shape index (κ3) is 1.67. The van der Waals surface area contributed by atoms with Crippen LogP contribution in [0.2, 0.25) is 0 Å². The Kier molecular flexibility index (Phi) is 2.34. The third-order valence-electron chi connectivity index (χ3n) is 2.02. The lowest BCUT2D eigenvalue weighted by Crippen LogP contribution is -2.42. The summed E-state index contributed by atoms with van der Waals surface area (Å²) in [5.74, 6) is -1.04. The predicted molar refractivity (Wildman–Crippen MR) is 48.1 cm³/mol. The first kappa shape index (κ1) is 9.67. The number of aryl methyl sites for hydroxylation is 1. The van der Waals surface area contributed by atoms with Crippen LogP contribution in [0.1, 0.15) is 18.1 Å². The second kappa shape index (κ2) is 3.14. The Morgan fingerprint density at radius 2 is 2.31 bits per heavy atom. The van der Waals surface area contributed by atoms with Gasteiger partial charge in [-0.15, -0.1) is 0 Å². The van der Waals surface area contributed by atoms with Crippen LogP contribution in [0.25, 0.3) is 0 Å². The molecule has 0 spiro atoms. The first-order chi connectivity index (χ1) is 5.96. The van der Waals surface area contributed by atoms with Gasteiger partial charge in [0.1, 0.15) is 5.54 Å². The van der Waals surface area contributed by atoms with E-state index >= 15 is 0 Å². The number of carboxylic acid groups (broad SMARTS) is 1. The van der Waals surface area contributed by atoms with Crippen molar-refractivity contribution < 1.29 is 9.90 Å². The lowest BCUT2D eigenvalue weighted by molar-refractivity contribution is -0.143. The van der Waals surface area contributed by atoms with E-state index in [-0.39, 0.29) is 0 Å². The van der Waals surface area contributed by atoms with Crippen LogP contribution in [-0.4, -0.2) is 16.1 Å². The molecule has 1 heterocycles. The summed E-state index contributed by atoms with van der Waals surface area (Å²) >= 11 is 0. The Morgan fingerprint density at radius 1 is 1.69 bits per heavy atom. The van der Waals surface area contributed by atoms with Gasteiger partial charge in [0.2, 0.25) is 0 Å². The highest BCUT2D eigenvalue weighted by Crippen LogP contribution is 2.20. The van der Waals surface area contributed by atoms with Gasteiger partial charge in [-0.25, -0.2) is 4.79 Å². The predicted octanol–water partition coefficient (Wildman–Crippen LogP) is 0.649. The Hall–Kier alpha value is -1.42. The molecule has 4 heteroatoms. The van der Waals surface area contributed by atoms with E-state index in [1.807, 2.05) is 0 Å². The van der Waals surface area contributed by atoms with Gasteiger partial charge in [-0.05, 0) is 31.0 Å². The summed E-state index contributed by atoms with van der Waals surface area (Å²) < 4.78 is 0. The minimum absolute atomic E-state index is 0.593. The number of aliphatic carboxylic acids is 1. The average molecular weight is 180 g/mol. The lowest BCUT2D eigenvalue weighted by atomic mass is 9.91. The lowest BCUT2D eigenvalue weighted by Gasteiger charge is -2.21. The summed E-state index contributed by atoms with van der Waals surface area (Å²) in [6.07, 6.45) is 3.14. The van der Waals surface area contributed by atoms with Crippen LogP contribution in [0.4, 0.5) is 0 Å². The van der Waals surface area contributed by atoms with Gasteiger partial charge in [0, 0.05) is 12.4 Å². The zero-order valence-electron chi connectivity index (χ0n) is 7.61. The number of hydrogen-bond acceptors (Lipinski definition) is 3. The molecule has 1 rings (SSSR count). The zero-order valence-corrected chi connectivity index (χ0v) is 7.61. The zero-order chi connectivity index (χ0) is 10.1. The molecular formula is C9H12N2O2. The number of nitrogens with two attached hydrogens (primary N) is 1. The van der Waals surface area contributed by atoms with E-state index in [4.69, 9.17) is 10.8 Å². The topological polar surface area (TPSA) is 76.2 Å². The summed E-state index contributed by atoms with van der Waals surface area (Å²) in [4.78, 5) is 14.7. The molecule has 0 aliphatic heterocycles. The van der Waals surface area contributed by atoms with Crippen LogP contribution in [0.3, 0.4) is 0 Å². The van der Waals surface area contributed by atoms with Crippen LogP contribution in [0.5, 0.6) is 0 Å². The molecule has 0 saturated carbocycles. The molecule has 1 atom stereocenters. The van der Waals surface area contributed by atoms with Crippen LogP contribution in [0, 0.1) is 6.92 Å². The van der Waals surface area contributed by atoms with E-state index in [9.17, 15) is 4.79 Å². The average Bonchev–Trinajstić information content (AvgIpc) is 2.04. The molecule has 3 N–H and O–H groups in total. The second-order valence-corrected chi connectivity index (χ2v) is 3.20. The number of aromatic nitrogens is 1. The summed E-state index contributed by atoms with van der Waals surface area (Å²) in [6.45, 7) is 3.26. The van der Waals surface area contributed by atoms with Crippen molar-refractivity contribution in [3.8, 4) is 0 Å².